The summed E-state index contributed by atoms with van der Waals surface area (Å²) < 4.78 is 2.13. The number of halogens is 1. The Labute approximate surface area is 193 Å². The van der Waals surface area contributed by atoms with Crippen LogP contribution in [0.1, 0.15) is 37.5 Å². The molecule has 0 saturated heterocycles. The fourth-order valence-electron chi connectivity index (χ4n) is 3.40. The Balaban J connectivity index is 1.67. The molecule has 4 aromatic rings. The maximum Gasteiger partial charge on any atom is 0.196 e. The Morgan fingerprint density at radius 2 is 1.61 bits per heavy atom. The summed E-state index contributed by atoms with van der Waals surface area (Å²) in [5.74, 6) is 1.64. The molecule has 1 aromatic heterocycles. The average molecular weight is 448 g/mol. The van der Waals surface area contributed by atoms with E-state index in [0.29, 0.717) is 5.02 Å². The molecule has 31 heavy (non-hydrogen) atoms. The number of benzene rings is 3. The van der Waals surface area contributed by atoms with Crippen molar-refractivity contribution >= 4 is 23.4 Å². The zero-order valence-electron chi connectivity index (χ0n) is 18.3. The van der Waals surface area contributed by atoms with Gasteiger partial charge in [0.25, 0.3) is 0 Å². The third-order valence-corrected chi connectivity index (χ3v) is 6.44. The largest absolute Gasteiger partial charge is 0.270 e. The SMILES string of the molecule is Cc1cccc(-n2c(SCc3ccc(C(C)(C)C)cc3)nnc2-c2ccc(Cl)cc2)c1. The van der Waals surface area contributed by atoms with Crippen molar-refractivity contribution in [2.45, 2.75) is 44.0 Å². The van der Waals surface area contributed by atoms with Gasteiger partial charge in [-0.1, -0.05) is 80.5 Å². The molecule has 0 unspecified atom stereocenters. The molecule has 1 heterocycles. The van der Waals surface area contributed by atoms with Crippen LogP contribution in [0.15, 0.2) is 78.0 Å². The molecule has 0 aliphatic carbocycles. The van der Waals surface area contributed by atoms with E-state index in [2.05, 4.69) is 91.0 Å². The van der Waals surface area contributed by atoms with Gasteiger partial charge in [-0.05, 0) is 65.4 Å². The van der Waals surface area contributed by atoms with Crippen molar-refractivity contribution in [3.8, 4) is 17.1 Å². The molecule has 0 aliphatic heterocycles. The first-order valence-corrected chi connectivity index (χ1v) is 11.7. The maximum absolute atomic E-state index is 6.09. The molecular formula is C26H26ClN3S. The minimum Gasteiger partial charge on any atom is -0.270 e. The Kier molecular flexibility index (Phi) is 6.22. The molecule has 0 aliphatic rings. The normalized spacial score (nSPS) is 11.6. The van der Waals surface area contributed by atoms with E-state index < -0.39 is 0 Å². The average Bonchev–Trinajstić information content (AvgIpc) is 3.16. The zero-order chi connectivity index (χ0) is 22.0. The van der Waals surface area contributed by atoms with Gasteiger partial charge in [0.1, 0.15) is 0 Å². The predicted molar refractivity (Wildman–Crippen MR) is 131 cm³/mol. The smallest absolute Gasteiger partial charge is 0.196 e. The third-order valence-electron chi connectivity index (χ3n) is 5.18. The van der Waals surface area contributed by atoms with Gasteiger partial charge in [0.05, 0.1) is 0 Å². The summed E-state index contributed by atoms with van der Waals surface area (Å²) in [6.45, 7) is 8.80. The van der Waals surface area contributed by atoms with Crippen LogP contribution in [0.3, 0.4) is 0 Å². The molecule has 0 radical (unpaired) electrons. The molecule has 158 valence electrons. The Bertz CT molecular complexity index is 1170. The Morgan fingerprint density at radius 1 is 0.903 bits per heavy atom. The van der Waals surface area contributed by atoms with E-state index in [-0.39, 0.29) is 5.41 Å². The summed E-state index contributed by atoms with van der Waals surface area (Å²) in [7, 11) is 0. The molecule has 5 heteroatoms. The van der Waals surface area contributed by atoms with Crippen LogP contribution in [0.4, 0.5) is 0 Å². The van der Waals surface area contributed by atoms with Crippen LogP contribution >= 0.6 is 23.4 Å². The van der Waals surface area contributed by atoms with Crippen LogP contribution in [0, 0.1) is 6.92 Å². The van der Waals surface area contributed by atoms with Gasteiger partial charge in [0, 0.05) is 22.0 Å². The molecule has 3 nitrogen and oxygen atoms in total. The van der Waals surface area contributed by atoms with Gasteiger partial charge in [0.2, 0.25) is 0 Å². The lowest BCUT2D eigenvalue weighted by Gasteiger charge is -2.19. The van der Waals surface area contributed by atoms with Gasteiger partial charge in [-0.15, -0.1) is 10.2 Å². The summed E-state index contributed by atoms with van der Waals surface area (Å²) >= 11 is 7.79. The first kappa shape index (κ1) is 21.7. The van der Waals surface area contributed by atoms with Gasteiger partial charge in [-0.25, -0.2) is 0 Å². The molecule has 0 bridgehead atoms. The van der Waals surface area contributed by atoms with Gasteiger partial charge < -0.3 is 0 Å². The minimum absolute atomic E-state index is 0.157. The molecular weight excluding hydrogens is 422 g/mol. The molecule has 0 fully saturated rings. The van der Waals surface area contributed by atoms with E-state index in [1.165, 1.54) is 16.7 Å². The van der Waals surface area contributed by atoms with Gasteiger partial charge in [0.15, 0.2) is 11.0 Å². The number of rotatable bonds is 5. The van der Waals surface area contributed by atoms with Crippen molar-refractivity contribution in [3.63, 3.8) is 0 Å². The van der Waals surface area contributed by atoms with Crippen molar-refractivity contribution < 1.29 is 0 Å². The van der Waals surface area contributed by atoms with Crippen molar-refractivity contribution in [2.24, 2.45) is 0 Å². The molecule has 0 atom stereocenters. The lowest BCUT2D eigenvalue weighted by Crippen LogP contribution is -2.10. The van der Waals surface area contributed by atoms with Crippen LogP contribution < -0.4 is 0 Å². The molecule has 0 saturated carbocycles. The topological polar surface area (TPSA) is 30.7 Å². The number of hydrogen-bond acceptors (Lipinski definition) is 3. The lowest BCUT2D eigenvalue weighted by atomic mass is 9.87. The Hall–Kier alpha value is -2.56. The zero-order valence-corrected chi connectivity index (χ0v) is 19.8. The predicted octanol–water partition coefficient (Wildman–Crippen LogP) is 7.49. The summed E-state index contributed by atoms with van der Waals surface area (Å²) in [5, 5.41) is 10.6. The molecule has 0 N–H and O–H groups in total. The number of aromatic nitrogens is 3. The number of hydrogen-bond donors (Lipinski definition) is 0. The van der Waals surface area contributed by atoms with Crippen LogP contribution in [0.5, 0.6) is 0 Å². The van der Waals surface area contributed by atoms with E-state index in [4.69, 9.17) is 11.6 Å². The second kappa shape index (κ2) is 8.89. The standard InChI is InChI=1S/C26H26ClN3S/c1-18-6-5-7-23(16-18)30-24(20-10-14-22(27)15-11-20)28-29-25(30)31-17-19-8-12-21(13-9-19)26(2,3)4/h5-16H,17H2,1-4H3. The second-order valence-electron chi connectivity index (χ2n) is 8.72. The molecule has 3 aromatic carbocycles. The summed E-state index contributed by atoms with van der Waals surface area (Å²) in [5.41, 5.74) is 6.01. The first-order chi connectivity index (χ1) is 14.8. The van der Waals surface area contributed by atoms with Gasteiger partial charge in [-0.3, -0.25) is 4.57 Å². The second-order valence-corrected chi connectivity index (χ2v) is 10.1. The number of aryl methyl sites for hydroxylation is 1. The third kappa shape index (κ3) is 5.03. The fourth-order valence-corrected chi connectivity index (χ4v) is 4.43. The van der Waals surface area contributed by atoms with E-state index in [0.717, 1.165) is 28.0 Å². The van der Waals surface area contributed by atoms with E-state index in [1.807, 2.05) is 24.3 Å². The van der Waals surface area contributed by atoms with Crippen LogP contribution in [0.2, 0.25) is 5.02 Å². The van der Waals surface area contributed by atoms with Crippen LogP contribution in [0.25, 0.3) is 17.1 Å². The molecule has 0 spiro atoms. The lowest BCUT2D eigenvalue weighted by molar-refractivity contribution is 0.590. The van der Waals surface area contributed by atoms with Gasteiger partial charge in [-0.2, -0.15) is 0 Å². The number of thioether (sulfide) groups is 1. The molecule has 0 amide bonds. The van der Waals surface area contributed by atoms with E-state index >= 15 is 0 Å². The summed E-state index contributed by atoms with van der Waals surface area (Å²) in [4.78, 5) is 0. The highest BCUT2D eigenvalue weighted by molar-refractivity contribution is 7.98. The monoisotopic (exact) mass is 447 g/mol. The van der Waals surface area contributed by atoms with E-state index in [1.54, 1.807) is 11.8 Å². The van der Waals surface area contributed by atoms with Crippen molar-refractivity contribution in [1.29, 1.82) is 0 Å². The highest BCUT2D eigenvalue weighted by atomic mass is 35.5. The van der Waals surface area contributed by atoms with Crippen molar-refractivity contribution in [1.82, 2.24) is 14.8 Å². The highest BCUT2D eigenvalue weighted by Gasteiger charge is 2.17. The van der Waals surface area contributed by atoms with E-state index in [9.17, 15) is 0 Å². The summed E-state index contributed by atoms with van der Waals surface area (Å²) in [6.07, 6.45) is 0. The summed E-state index contributed by atoms with van der Waals surface area (Å²) in [6, 6.07) is 25.0. The number of nitrogens with zero attached hydrogens (tertiary/aromatic N) is 3. The van der Waals surface area contributed by atoms with Crippen LogP contribution in [-0.4, -0.2) is 14.8 Å². The van der Waals surface area contributed by atoms with Crippen LogP contribution in [-0.2, 0) is 11.2 Å². The molecule has 4 rings (SSSR count). The Morgan fingerprint density at radius 3 is 2.26 bits per heavy atom. The van der Waals surface area contributed by atoms with Gasteiger partial charge >= 0.3 is 0 Å². The quantitative estimate of drug-likeness (QED) is 0.297. The fraction of sp³-hybridized carbons (Fsp3) is 0.231. The van der Waals surface area contributed by atoms with Crippen molar-refractivity contribution in [2.75, 3.05) is 0 Å². The van der Waals surface area contributed by atoms with Crippen molar-refractivity contribution in [3.05, 3.63) is 94.5 Å². The highest BCUT2D eigenvalue weighted by Crippen LogP contribution is 2.31. The first-order valence-electron chi connectivity index (χ1n) is 10.3. The minimum atomic E-state index is 0.157. The maximum atomic E-state index is 6.09.